The molecular formula is C22H32N6O. The molecule has 4 heterocycles. The van der Waals surface area contributed by atoms with Gasteiger partial charge in [-0.2, -0.15) is 10.2 Å². The van der Waals surface area contributed by atoms with Crippen molar-refractivity contribution >= 4 is 11.0 Å². The van der Waals surface area contributed by atoms with Crippen molar-refractivity contribution in [3.05, 3.63) is 34.9 Å². The molecule has 7 nitrogen and oxygen atoms in total. The van der Waals surface area contributed by atoms with Crippen LogP contribution in [-0.4, -0.2) is 62.3 Å². The van der Waals surface area contributed by atoms with Crippen molar-refractivity contribution in [1.82, 2.24) is 29.4 Å². The summed E-state index contributed by atoms with van der Waals surface area (Å²) in [5.41, 5.74) is 6.41. The third-order valence-electron chi connectivity index (χ3n) is 5.82. The molecule has 0 bridgehead atoms. The molecule has 0 atom stereocenters. The lowest BCUT2D eigenvalue weighted by atomic mass is 10.0. The van der Waals surface area contributed by atoms with E-state index in [9.17, 15) is 0 Å². The number of hydrogen-bond donors (Lipinski definition) is 0. The highest BCUT2D eigenvalue weighted by molar-refractivity contribution is 5.77. The van der Waals surface area contributed by atoms with Crippen LogP contribution in [0.1, 0.15) is 48.8 Å². The lowest BCUT2D eigenvalue weighted by Gasteiger charge is -2.26. The minimum atomic E-state index is 0.454. The molecule has 0 aliphatic carbocycles. The number of hydrogen-bond acceptors (Lipinski definition) is 5. The summed E-state index contributed by atoms with van der Waals surface area (Å²) in [4.78, 5) is 7.24. The number of aryl methyl sites for hydroxylation is 3. The summed E-state index contributed by atoms with van der Waals surface area (Å²) in [6.07, 6.45) is 3.19. The van der Waals surface area contributed by atoms with Gasteiger partial charge in [-0.25, -0.2) is 9.67 Å². The molecule has 29 heavy (non-hydrogen) atoms. The van der Waals surface area contributed by atoms with Crippen molar-refractivity contribution in [2.75, 3.05) is 32.8 Å². The molecule has 0 amide bonds. The van der Waals surface area contributed by atoms with Crippen LogP contribution in [-0.2, 0) is 11.3 Å². The average Bonchev–Trinajstić information content (AvgIpc) is 3.21. The number of fused-ring (bicyclic) bond motifs is 1. The molecule has 1 fully saturated rings. The fourth-order valence-electron chi connectivity index (χ4n) is 4.42. The topological polar surface area (TPSA) is 61.0 Å². The predicted molar refractivity (Wildman–Crippen MR) is 115 cm³/mol. The fraction of sp³-hybridized carbons (Fsp3) is 0.591. The molecule has 3 aromatic rings. The fourth-order valence-corrected chi connectivity index (χ4v) is 4.42. The lowest BCUT2D eigenvalue weighted by molar-refractivity contribution is 0.0368. The maximum atomic E-state index is 5.42. The second-order valence-corrected chi connectivity index (χ2v) is 8.36. The van der Waals surface area contributed by atoms with Gasteiger partial charge in [-0.05, 0) is 44.7 Å². The molecule has 1 aliphatic rings. The number of ether oxygens (including phenoxy) is 1. The maximum absolute atomic E-state index is 5.42. The first-order valence-electron chi connectivity index (χ1n) is 10.7. The Bertz CT molecular complexity index is 997. The van der Waals surface area contributed by atoms with Crippen molar-refractivity contribution in [2.24, 2.45) is 0 Å². The van der Waals surface area contributed by atoms with Gasteiger partial charge in [0, 0.05) is 43.5 Å². The Morgan fingerprint density at radius 1 is 1.03 bits per heavy atom. The number of pyridine rings is 1. The lowest BCUT2D eigenvalue weighted by Crippen LogP contribution is -2.37. The largest absolute Gasteiger partial charge is 0.379 e. The first-order chi connectivity index (χ1) is 13.9. The van der Waals surface area contributed by atoms with E-state index in [2.05, 4.69) is 44.9 Å². The first kappa shape index (κ1) is 20.0. The van der Waals surface area contributed by atoms with E-state index in [1.54, 1.807) is 0 Å². The summed E-state index contributed by atoms with van der Waals surface area (Å²) in [6, 6.07) is 2.17. The summed E-state index contributed by atoms with van der Waals surface area (Å²) < 4.78 is 9.49. The molecule has 7 heteroatoms. The summed E-state index contributed by atoms with van der Waals surface area (Å²) in [7, 11) is 0. The van der Waals surface area contributed by atoms with Gasteiger partial charge >= 0.3 is 0 Å². The van der Waals surface area contributed by atoms with Gasteiger partial charge in [0.2, 0.25) is 0 Å². The van der Waals surface area contributed by atoms with Crippen LogP contribution in [0.3, 0.4) is 0 Å². The SMILES string of the molecule is Cc1nc2nn(CCCN3CCOCC3)cc2cc1-n1nc(C)c(C(C)C)c1C. The Morgan fingerprint density at radius 2 is 1.79 bits per heavy atom. The third-order valence-corrected chi connectivity index (χ3v) is 5.82. The number of aromatic nitrogens is 5. The van der Waals surface area contributed by atoms with E-state index in [4.69, 9.17) is 19.9 Å². The zero-order valence-corrected chi connectivity index (χ0v) is 18.3. The van der Waals surface area contributed by atoms with Gasteiger partial charge in [-0.1, -0.05) is 13.8 Å². The van der Waals surface area contributed by atoms with E-state index >= 15 is 0 Å². The average molecular weight is 397 g/mol. The summed E-state index contributed by atoms with van der Waals surface area (Å²) in [5.74, 6) is 0.454. The smallest absolute Gasteiger partial charge is 0.181 e. The van der Waals surface area contributed by atoms with Gasteiger partial charge in [-0.15, -0.1) is 0 Å². The van der Waals surface area contributed by atoms with Gasteiger partial charge in [-0.3, -0.25) is 9.58 Å². The van der Waals surface area contributed by atoms with Crippen LogP contribution in [0, 0.1) is 20.8 Å². The van der Waals surface area contributed by atoms with Crippen molar-refractivity contribution in [2.45, 2.75) is 53.5 Å². The maximum Gasteiger partial charge on any atom is 0.181 e. The van der Waals surface area contributed by atoms with Crippen molar-refractivity contribution in [3.8, 4) is 5.69 Å². The molecule has 1 aliphatic heterocycles. The van der Waals surface area contributed by atoms with Crippen LogP contribution in [0.2, 0.25) is 0 Å². The van der Waals surface area contributed by atoms with E-state index in [0.717, 1.165) is 73.9 Å². The van der Waals surface area contributed by atoms with Gasteiger partial charge in [0.1, 0.15) is 0 Å². The predicted octanol–water partition coefficient (Wildman–Crippen LogP) is 3.39. The molecule has 0 spiro atoms. The molecule has 3 aromatic heterocycles. The highest BCUT2D eigenvalue weighted by Crippen LogP contribution is 2.27. The monoisotopic (exact) mass is 396 g/mol. The third kappa shape index (κ3) is 4.07. The minimum Gasteiger partial charge on any atom is -0.379 e. The van der Waals surface area contributed by atoms with Crippen LogP contribution in [0.5, 0.6) is 0 Å². The zero-order chi connectivity index (χ0) is 20.5. The molecule has 0 unspecified atom stereocenters. The van der Waals surface area contributed by atoms with Crippen LogP contribution < -0.4 is 0 Å². The summed E-state index contributed by atoms with van der Waals surface area (Å²) >= 11 is 0. The van der Waals surface area contributed by atoms with Crippen LogP contribution >= 0.6 is 0 Å². The number of rotatable bonds is 6. The van der Waals surface area contributed by atoms with Gasteiger partial charge < -0.3 is 4.74 Å². The number of nitrogens with zero attached hydrogens (tertiary/aromatic N) is 6. The molecule has 0 N–H and O–H groups in total. The minimum absolute atomic E-state index is 0.454. The Hall–Kier alpha value is -2.25. The van der Waals surface area contributed by atoms with Crippen LogP contribution in [0.25, 0.3) is 16.7 Å². The quantitative estimate of drug-likeness (QED) is 0.639. The Kier molecular flexibility index (Phi) is 5.69. The second kappa shape index (κ2) is 8.24. The van der Waals surface area contributed by atoms with E-state index in [1.165, 1.54) is 11.3 Å². The van der Waals surface area contributed by atoms with Crippen LogP contribution in [0.15, 0.2) is 12.3 Å². The molecule has 156 valence electrons. The van der Waals surface area contributed by atoms with Gasteiger partial charge in [0.05, 0.1) is 30.3 Å². The zero-order valence-electron chi connectivity index (χ0n) is 18.3. The van der Waals surface area contributed by atoms with E-state index < -0.39 is 0 Å². The highest BCUT2D eigenvalue weighted by Gasteiger charge is 2.18. The van der Waals surface area contributed by atoms with E-state index in [1.807, 2.05) is 16.3 Å². The molecule has 4 rings (SSSR count). The Labute approximate surface area is 172 Å². The van der Waals surface area contributed by atoms with Crippen LogP contribution in [0.4, 0.5) is 0 Å². The molecule has 1 saturated heterocycles. The highest BCUT2D eigenvalue weighted by atomic mass is 16.5. The van der Waals surface area contributed by atoms with E-state index in [-0.39, 0.29) is 0 Å². The van der Waals surface area contributed by atoms with Gasteiger partial charge in [0.15, 0.2) is 5.65 Å². The Morgan fingerprint density at radius 3 is 2.48 bits per heavy atom. The Balaban J connectivity index is 1.55. The normalized spacial score (nSPS) is 15.7. The molecular weight excluding hydrogens is 364 g/mol. The molecule has 0 radical (unpaired) electrons. The number of morpholine rings is 1. The first-order valence-corrected chi connectivity index (χ1v) is 10.7. The van der Waals surface area contributed by atoms with Gasteiger partial charge in [0.25, 0.3) is 0 Å². The second-order valence-electron chi connectivity index (χ2n) is 8.36. The van der Waals surface area contributed by atoms with Crippen molar-refractivity contribution in [3.63, 3.8) is 0 Å². The van der Waals surface area contributed by atoms with Crippen molar-refractivity contribution < 1.29 is 4.74 Å². The van der Waals surface area contributed by atoms with E-state index in [0.29, 0.717) is 5.92 Å². The summed E-state index contributed by atoms with van der Waals surface area (Å²) in [6.45, 7) is 16.5. The molecule has 0 aromatic carbocycles. The van der Waals surface area contributed by atoms with Crippen molar-refractivity contribution in [1.29, 1.82) is 0 Å². The summed E-state index contributed by atoms with van der Waals surface area (Å²) in [5, 5.41) is 10.6. The molecule has 0 saturated carbocycles. The standard InChI is InChI=1S/C22H32N6O/c1-15(2)21-17(4)24-28(18(21)5)20-13-19-14-27(25-22(19)23-16(20)3)8-6-7-26-9-11-29-12-10-26/h13-15H,6-12H2,1-5H3.